The molecule has 0 atom stereocenters. The molecular weight excluding hydrogens is 452 g/mol. The third kappa shape index (κ3) is 7.43. The van der Waals surface area contributed by atoms with Gasteiger partial charge in [-0.15, -0.1) is 0 Å². The highest BCUT2D eigenvalue weighted by Crippen LogP contribution is 2.26. The molecule has 0 radical (unpaired) electrons. The lowest BCUT2D eigenvalue weighted by Gasteiger charge is -2.17. The summed E-state index contributed by atoms with van der Waals surface area (Å²) in [4.78, 5) is 35.5. The quantitative estimate of drug-likeness (QED) is 0.306. The molecule has 2 aromatic carbocycles. The van der Waals surface area contributed by atoms with Gasteiger partial charge < -0.3 is 24.3 Å². The zero-order valence-electron chi connectivity index (χ0n) is 19.0. The molecule has 4 rings (SSSR count). The van der Waals surface area contributed by atoms with Crippen LogP contribution in [0.5, 0.6) is 5.75 Å². The van der Waals surface area contributed by atoms with Gasteiger partial charge in [0.2, 0.25) is 0 Å². The molecule has 0 fully saturated rings. The minimum atomic E-state index is -1.26. The highest BCUT2D eigenvalue weighted by atomic mass is 16.7. The maximum absolute atomic E-state index is 11.9. The van der Waals surface area contributed by atoms with Crippen molar-refractivity contribution in [3.05, 3.63) is 90.1 Å². The molecule has 0 aliphatic carbocycles. The van der Waals surface area contributed by atoms with Crippen LogP contribution in [-0.2, 0) is 27.5 Å². The number of fused-ring (bicyclic) bond motifs is 1. The maximum Gasteiger partial charge on any atom is 0.514 e. The van der Waals surface area contributed by atoms with Gasteiger partial charge in [-0.3, -0.25) is 4.99 Å². The summed E-state index contributed by atoms with van der Waals surface area (Å²) in [6.07, 6.45) is 0.406. The van der Waals surface area contributed by atoms with Crippen molar-refractivity contribution in [1.29, 1.82) is 0 Å². The van der Waals surface area contributed by atoms with Crippen LogP contribution in [0.15, 0.2) is 83.9 Å². The molecule has 0 saturated carbocycles. The minimum absolute atomic E-state index is 0.189. The number of benzene rings is 2. The number of carbonyl (C=O) groups is 3. The molecule has 0 bridgehead atoms. The number of aliphatic carboxylic acids is 2. The molecule has 3 aromatic rings. The lowest BCUT2D eigenvalue weighted by atomic mass is 10.1. The van der Waals surface area contributed by atoms with E-state index in [1.54, 1.807) is 12.1 Å². The first-order valence-corrected chi connectivity index (χ1v) is 10.7. The van der Waals surface area contributed by atoms with Crippen LogP contribution >= 0.6 is 0 Å². The number of carboxylic acids is 2. The van der Waals surface area contributed by atoms with Crippen molar-refractivity contribution >= 4 is 23.8 Å². The Hall–Kier alpha value is -4.66. The second kappa shape index (κ2) is 12.0. The van der Waals surface area contributed by atoms with Crippen LogP contribution in [-0.4, -0.2) is 45.1 Å². The lowest BCUT2D eigenvalue weighted by Crippen LogP contribution is -2.16. The van der Waals surface area contributed by atoms with E-state index in [9.17, 15) is 14.4 Å². The molecule has 9 heteroatoms. The van der Waals surface area contributed by atoms with E-state index in [1.807, 2.05) is 49.4 Å². The number of nitrogens with zero attached hydrogens (tertiary/aromatic N) is 2. The molecule has 1 aliphatic rings. The van der Waals surface area contributed by atoms with E-state index in [0.29, 0.717) is 17.9 Å². The molecule has 0 amide bonds. The van der Waals surface area contributed by atoms with E-state index < -0.39 is 18.1 Å². The maximum atomic E-state index is 11.9. The van der Waals surface area contributed by atoms with Crippen LogP contribution in [0.1, 0.15) is 18.2 Å². The summed E-state index contributed by atoms with van der Waals surface area (Å²) >= 11 is 0. The molecule has 180 valence electrons. The third-order valence-corrected chi connectivity index (χ3v) is 4.94. The van der Waals surface area contributed by atoms with Gasteiger partial charge in [-0.2, -0.15) is 0 Å². The van der Waals surface area contributed by atoms with Crippen molar-refractivity contribution in [2.75, 3.05) is 6.54 Å². The summed E-state index contributed by atoms with van der Waals surface area (Å²) in [5.74, 6) is -2.06. The molecule has 2 N–H and O–H groups in total. The van der Waals surface area contributed by atoms with Gasteiger partial charge >= 0.3 is 18.1 Å². The number of aromatic nitrogens is 1. The summed E-state index contributed by atoms with van der Waals surface area (Å²) in [5.41, 5.74) is 5.34. The molecule has 9 nitrogen and oxygen atoms in total. The summed E-state index contributed by atoms with van der Waals surface area (Å²) in [6.45, 7) is 3.90. The molecule has 35 heavy (non-hydrogen) atoms. The molecular formula is C26H24N2O7. The largest absolute Gasteiger partial charge is 0.514 e. The summed E-state index contributed by atoms with van der Waals surface area (Å²) < 4.78 is 12.7. The molecule has 2 heterocycles. The van der Waals surface area contributed by atoms with Gasteiger partial charge in [0.25, 0.3) is 0 Å². The first-order chi connectivity index (χ1) is 16.8. The minimum Gasteiger partial charge on any atom is -0.478 e. The number of aliphatic imine (C=N–C) groups is 1. The molecule has 1 aromatic heterocycles. The van der Waals surface area contributed by atoms with E-state index in [2.05, 4.69) is 21.7 Å². The second-order valence-corrected chi connectivity index (χ2v) is 7.38. The SMILES string of the molecule is CC1=NCCn2c1ccc2-c1ccc(OC(=O)OCc2ccccc2)cc1.O=C(O)/C=C/C(=O)O. The van der Waals surface area contributed by atoms with E-state index in [-0.39, 0.29) is 6.61 Å². The summed E-state index contributed by atoms with van der Waals surface area (Å²) in [7, 11) is 0. The van der Waals surface area contributed by atoms with Crippen molar-refractivity contribution in [3.8, 4) is 17.0 Å². The average molecular weight is 476 g/mol. The fourth-order valence-corrected chi connectivity index (χ4v) is 3.35. The average Bonchev–Trinajstić information content (AvgIpc) is 3.29. The summed E-state index contributed by atoms with van der Waals surface area (Å²) in [5, 5.41) is 15.6. The topological polar surface area (TPSA) is 127 Å². The van der Waals surface area contributed by atoms with Crippen molar-refractivity contribution < 1.29 is 34.1 Å². The smallest absolute Gasteiger partial charge is 0.478 e. The number of carboxylic acid groups (broad SMARTS) is 2. The molecule has 1 aliphatic heterocycles. The number of hydrogen-bond donors (Lipinski definition) is 2. The number of hydrogen-bond acceptors (Lipinski definition) is 6. The second-order valence-electron chi connectivity index (χ2n) is 7.38. The number of ether oxygens (including phenoxy) is 2. The first kappa shape index (κ1) is 25.0. The van der Waals surface area contributed by atoms with Crippen molar-refractivity contribution in [3.63, 3.8) is 0 Å². The monoisotopic (exact) mass is 476 g/mol. The standard InChI is InChI=1S/C22H20N2O3.C4H4O4/c1-16-20-11-12-21(24(20)14-13-23-16)18-7-9-19(10-8-18)27-22(25)26-15-17-5-3-2-4-6-17;5-3(6)1-2-4(7)8/h2-12H,13-15H2,1H3;1-2H,(H,5,6)(H,7,8)/b;2-1+. The van der Waals surface area contributed by atoms with Gasteiger partial charge in [0.15, 0.2) is 0 Å². The van der Waals surface area contributed by atoms with Gasteiger partial charge in [0, 0.05) is 24.4 Å². The zero-order valence-corrected chi connectivity index (χ0v) is 19.0. The van der Waals surface area contributed by atoms with Crippen LogP contribution < -0.4 is 4.74 Å². The Morgan fingerprint density at radius 2 is 1.54 bits per heavy atom. The van der Waals surface area contributed by atoms with Crippen LogP contribution in [0.25, 0.3) is 11.3 Å². The highest BCUT2D eigenvalue weighted by Gasteiger charge is 2.15. The van der Waals surface area contributed by atoms with Crippen molar-refractivity contribution in [1.82, 2.24) is 4.57 Å². The predicted molar refractivity (Wildman–Crippen MR) is 129 cm³/mol. The highest BCUT2D eigenvalue weighted by molar-refractivity contribution is 5.98. The Morgan fingerprint density at radius 1 is 0.914 bits per heavy atom. The summed E-state index contributed by atoms with van der Waals surface area (Å²) in [6, 6.07) is 21.2. The zero-order chi connectivity index (χ0) is 25.2. The fourth-order valence-electron chi connectivity index (χ4n) is 3.35. The van der Waals surface area contributed by atoms with Gasteiger partial charge in [-0.05, 0) is 54.4 Å². The number of rotatable bonds is 6. The predicted octanol–water partition coefficient (Wildman–Crippen LogP) is 4.41. The Kier molecular flexibility index (Phi) is 8.55. The van der Waals surface area contributed by atoms with E-state index >= 15 is 0 Å². The van der Waals surface area contributed by atoms with Gasteiger partial charge in [-0.1, -0.05) is 30.3 Å². The van der Waals surface area contributed by atoms with Crippen LogP contribution in [0.4, 0.5) is 4.79 Å². The first-order valence-electron chi connectivity index (χ1n) is 10.7. The Bertz CT molecular complexity index is 1230. The van der Waals surface area contributed by atoms with E-state index in [4.69, 9.17) is 19.7 Å². The Labute approximate surface area is 201 Å². The van der Waals surface area contributed by atoms with E-state index in [0.717, 1.165) is 41.3 Å². The fraction of sp³-hybridized carbons (Fsp3) is 0.154. The van der Waals surface area contributed by atoms with Gasteiger partial charge in [0.05, 0.1) is 18.0 Å². The molecule has 0 unspecified atom stereocenters. The van der Waals surface area contributed by atoms with Gasteiger partial charge in [0.1, 0.15) is 12.4 Å². The Balaban J connectivity index is 0.000000371. The Morgan fingerprint density at radius 3 is 2.17 bits per heavy atom. The van der Waals surface area contributed by atoms with Crippen LogP contribution in [0, 0.1) is 0 Å². The van der Waals surface area contributed by atoms with Crippen LogP contribution in [0.3, 0.4) is 0 Å². The third-order valence-electron chi connectivity index (χ3n) is 4.94. The molecule has 0 spiro atoms. The normalized spacial score (nSPS) is 12.1. The van der Waals surface area contributed by atoms with Crippen molar-refractivity contribution in [2.45, 2.75) is 20.1 Å². The van der Waals surface area contributed by atoms with Crippen LogP contribution in [0.2, 0.25) is 0 Å². The van der Waals surface area contributed by atoms with Gasteiger partial charge in [-0.25, -0.2) is 14.4 Å². The lowest BCUT2D eigenvalue weighted by molar-refractivity contribution is -0.134. The van der Waals surface area contributed by atoms with Crippen molar-refractivity contribution in [2.24, 2.45) is 4.99 Å². The van der Waals surface area contributed by atoms with E-state index in [1.165, 1.54) is 0 Å². The molecule has 0 saturated heterocycles. The number of carbonyl (C=O) groups excluding carboxylic acids is 1.